The fourth-order valence-electron chi connectivity index (χ4n) is 1.12. The van der Waals surface area contributed by atoms with E-state index in [1.807, 2.05) is 0 Å². The number of halogens is 1. The fraction of sp³-hybridized carbons (Fsp3) is 0.125. The van der Waals surface area contributed by atoms with Crippen LogP contribution in [0.4, 0.5) is 5.69 Å². The van der Waals surface area contributed by atoms with E-state index in [0.29, 0.717) is 0 Å². The number of sulfone groups is 1. The molecule has 0 spiro atoms. The van der Waals surface area contributed by atoms with Gasteiger partial charge >= 0.3 is 0 Å². The first-order chi connectivity index (χ1) is 6.82. The van der Waals surface area contributed by atoms with Crippen molar-refractivity contribution in [2.45, 2.75) is 4.90 Å². The van der Waals surface area contributed by atoms with Gasteiger partial charge in [0, 0.05) is 6.26 Å². The molecule has 0 saturated carbocycles. The number of benzene rings is 1. The summed E-state index contributed by atoms with van der Waals surface area (Å²) in [5.74, 6) is 0. The van der Waals surface area contributed by atoms with Crippen LogP contribution in [0.15, 0.2) is 23.1 Å². The molecule has 0 saturated heterocycles. The number of hydrogen-bond donors (Lipinski definition) is 2. The van der Waals surface area contributed by atoms with E-state index < -0.39 is 9.84 Å². The van der Waals surface area contributed by atoms with Crippen molar-refractivity contribution in [2.75, 3.05) is 11.6 Å². The average Bonchev–Trinajstić information content (AvgIpc) is 1.99. The second kappa shape index (κ2) is 4.34. The Morgan fingerprint density at radius 2 is 2.13 bits per heavy atom. The SMILES string of the molecule is CS(=O)(=O)c1c(Cl)cccc1NC(N)=S. The number of thiocarbonyl (C=S) groups is 1. The first-order valence-electron chi connectivity index (χ1n) is 3.87. The number of anilines is 1. The molecular weight excluding hydrogens is 256 g/mol. The van der Waals surface area contributed by atoms with Crippen molar-refractivity contribution in [3.8, 4) is 0 Å². The highest BCUT2D eigenvalue weighted by Crippen LogP contribution is 2.28. The predicted molar refractivity (Wildman–Crippen MR) is 65.0 cm³/mol. The molecule has 0 fully saturated rings. The standard InChI is InChI=1S/C8H9ClN2O2S2/c1-15(12,13)7-5(9)3-2-4-6(7)11-8(10)14/h2-4H,1H3,(H3,10,11,14). The van der Waals surface area contributed by atoms with E-state index in [1.54, 1.807) is 12.1 Å². The average molecular weight is 265 g/mol. The van der Waals surface area contributed by atoms with Crippen molar-refractivity contribution >= 4 is 44.5 Å². The zero-order valence-electron chi connectivity index (χ0n) is 7.82. The van der Waals surface area contributed by atoms with Gasteiger partial charge in [-0.15, -0.1) is 0 Å². The first-order valence-corrected chi connectivity index (χ1v) is 6.55. The van der Waals surface area contributed by atoms with Crippen molar-refractivity contribution in [1.82, 2.24) is 0 Å². The molecule has 0 aliphatic rings. The van der Waals surface area contributed by atoms with Gasteiger partial charge in [-0.1, -0.05) is 17.7 Å². The Kier molecular flexibility index (Phi) is 3.54. The van der Waals surface area contributed by atoms with Gasteiger partial charge in [0.2, 0.25) is 0 Å². The molecule has 0 amide bonds. The van der Waals surface area contributed by atoms with Crippen LogP contribution in [-0.4, -0.2) is 19.8 Å². The van der Waals surface area contributed by atoms with Crippen LogP contribution in [0.3, 0.4) is 0 Å². The van der Waals surface area contributed by atoms with Crippen molar-refractivity contribution in [3.63, 3.8) is 0 Å². The third-order valence-electron chi connectivity index (χ3n) is 1.60. The maximum atomic E-state index is 11.4. The Balaban J connectivity index is 3.40. The van der Waals surface area contributed by atoms with E-state index in [1.165, 1.54) is 6.07 Å². The highest BCUT2D eigenvalue weighted by atomic mass is 35.5. The highest BCUT2D eigenvalue weighted by Gasteiger charge is 2.17. The van der Waals surface area contributed by atoms with E-state index >= 15 is 0 Å². The van der Waals surface area contributed by atoms with E-state index in [4.69, 9.17) is 17.3 Å². The van der Waals surface area contributed by atoms with Gasteiger partial charge in [-0.2, -0.15) is 0 Å². The van der Waals surface area contributed by atoms with E-state index in [9.17, 15) is 8.42 Å². The summed E-state index contributed by atoms with van der Waals surface area (Å²) in [5.41, 5.74) is 5.56. The van der Waals surface area contributed by atoms with Gasteiger partial charge in [0.1, 0.15) is 4.90 Å². The zero-order valence-corrected chi connectivity index (χ0v) is 10.2. The topological polar surface area (TPSA) is 72.2 Å². The molecular formula is C8H9ClN2O2S2. The molecule has 0 unspecified atom stereocenters. The second-order valence-corrected chi connectivity index (χ2v) is 5.68. The largest absolute Gasteiger partial charge is 0.376 e. The Labute approximate surface area is 98.3 Å². The summed E-state index contributed by atoms with van der Waals surface area (Å²) in [5, 5.41) is 2.69. The number of nitrogens with one attached hydrogen (secondary N) is 1. The van der Waals surface area contributed by atoms with Crippen molar-refractivity contribution in [1.29, 1.82) is 0 Å². The van der Waals surface area contributed by atoms with Crippen molar-refractivity contribution < 1.29 is 8.42 Å². The summed E-state index contributed by atoms with van der Waals surface area (Å²) in [6, 6.07) is 4.64. The van der Waals surface area contributed by atoms with Gasteiger partial charge in [-0.05, 0) is 24.4 Å². The van der Waals surface area contributed by atoms with Crippen LogP contribution in [0, 0.1) is 0 Å². The summed E-state index contributed by atoms with van der Waals surface area (Å²) in [7, 11) is -3.42. The molecule has 3 N–H and O–H groups in total. The summed E-state index contributed by atoms with van der Waals surface area (Å²) in [6.07, 6.45) is 1.07. The summed E-state index contributed by atoms with van der Waals surface area (Å²) < 4.78 is 22.9. The molecule has 0 atom stereocenters. The number of nitrogens with two attached hydrogens (primary N) is 1. The maximum absolute atomic E-state index is 11.4. The van der Waals surface area contributed by atoms with Gasteiger partial charge in [-0.3, -0.25) is 0 Å². The molecule has 0 aliphatic heterocycles. The molecule has 15 heavy (non-hydrogen) atoms. The highest BCUT2D eigenvalue weighted by molar-refractivity contribution is 7.91. The molecule has 0 radical (unpaired) electrons. The molecule has 0 bridgehead atoms. The van der Waals surface area contributed by atoms with Crippen LogP contribution in [0.25, 0.3) is 0 Å². The lowest BCUT2D eigenvalue weighted by Gasteiger charge is -2.10. The third kappa shape index (κ3) is 3.05. The third-order valence-corrected chi connectivity index (χ3v) is 3.31. The number of rotatable bonds is 2. The minimum atomic E-state index is -3.42. The van der Waals surface area contributed by atoms with Crippen molar-refractivity contribution in [3.05, 3.63) is 23.2 Å². The molecule has 0 heterocycles. The van der Waals surface area contributed by atoms with Crippen LogP contribution >= 0.6 is 23.8 Å². The smallest absolute Gasteiger partial charge is 0.179 e. The molecule has 1 aromatic rings. The molecule has 7 heteroatoms. The van der Waals surface area contributed by atoms with Gasteiger partial charge in [0.05, 0.1) is 10.7 Å². The van der Waals surface area contributed by atoms with Crippen molar-refractivity contribution in [2.24, 2.45) is 5.73 Å². The van der Waals surface area contributed by atoms with E-state index in [0.717, 1.165) is 6.26 Å². The van der Waals surface area contributed by atoms with E-state index in [-0.39, 0.29) is 20.7 Å². The van der Waals surface area contributed by atoms with Crippen LogP contribution in [0.5, 0.6) is 0 Å². The fourth-order valence-corrected chi connectivity index (χ4v) is 2.76. The Morgan fingerprint density at radius 1 is 1.53 bits per heavy atom. The van der Waals surface area contributed by atoms with Crippen LogP contribution in [-0.2, 0) is 9.84 Å². The second-order valence-electron chi connectivity index (χ2n) is 2.88. The van der Waals surface area contributed by atoms with Crippen LogP contribution in [0.2, 0.25) is 5.02 Å². The lowest BCUT2D eigenvalue weighted by molar-refractivity contribution is 0.602. The van der Waals surface area contributed by atoms with Gasteiger partial charge in [-0.25, -0.2) is 8.42 Å². The van der Waals surface area contributed by atoms with Gasteiger partial charge in [0.25, 0.3) is 0 Å². The van der Waals surface area contributed by atoms with Gasteiger partial charge in [0.15, 0.2) is 14.9 Å². The molecule has 4 nitrogen and oxygen atoms in total. The number of hydrogen-bond acceptors (Lipinski definition) is 3. The normalized spacial score (nSPS) is 11.1. The minimum absolute atomic E-state index is 0.000494. The Hall–Kier alpha value is -0.850. The van der Waals surface area contributed by atoms with Gasteiger partial charge < -0.3 is 11.1 Å². The van der Waals surface area contributed by atoms with Crippen LogP contribution in [0.1, 0.15) is 0 Å². The van der Waals surface area contributed by atoms with Crippen LogP contribution < -0.4 is 11.1 Å². The summed E-state index contributed by atoms with van der Waals surface area (Å²) in [4.78, 5) is -0.000494. The first kappa shape index (κ1) is 12.2. The Morgan fingerprint density at radius 3 is 2.60 bits per heavy atom. The predicted octanol–water partition coefficient (Wildman–Crippen LogP) is 1.40. The zero-order chi connectivity index (χ0) is 11.6. The summed E-state index contributed by atoms with van der Waals surface area (Å²) in [6.45, 7) is 0. The lowest BCUT2D eigenvalue weighted by Crippen LogP contribution is -2.20. The molecule has 1 aromatic carbocycles. The minimum Gasteiger partial charge on any atom is -0.376 e. The molecule has 82 valence electrons. The quantitative estimate of drug-likeness (QED) is 0.790. The molecule has 0 aromatic heterocycles. The van der Waals surface area contributed by atoms with E-state index in [2.05, 4.69) is 17.5 Å². The molecule has 1 rings (SSSR count). The maximum Gasteiger partial charge on any atom is 0.179 e. The lowest BCUT2D eigenvalue weighted by atomic mass is 10.3. The Bertz CT molecular complexity index is 499. The monoisotopic (exact) mass is 264 g/mol. The molecule has 0 aliphatic carbocycles. The summed E-state index contributed by atoms with van der Waals surface area (Å²) >= 11 is 10.4.